The summed E-state index contributed by atoms with van der Waals surface area (Å²) in [5.74, 6) is 0.612. The van der Waals surface area contributed by atoms with Crippen LogP contribution in [0, 0.1) is 6.92 Å². The van der Waals surface area contributed by atoms with E-state index in [0.29, 0.717) is 19.4 Å². The maximum atomic E-state index is 12.1. The van der Waals surface area contributed by atoms with Crippen LogP contribution in [-0.2, 0) is 24.2 Å². The summed E-state index contributed by atoms with van der Waals surface area (Å²) in [7, 11) is 1.67. The van der Waals surface area contributed by atoms with E-state index in [4.69, 9.17) is 4.74 Å². The molecule has 134 valence electrons. The van der Waals surface area contributed by atoms with E-state index in [0.717, 1.165) is 33.7 Å². The smallest absolute Gasteiger partial charge is 0.322 e. The van der Waals surface area contributed by atoms with Gasteiger partial charge in [-0.2, -0.15) is 0 Å². The van der Waals surface area contributed by atoms with E-state index in [-0.39, 0.29) is 5.91 Å². The average Bonchev–Trinajstić information content (AvgIpc) is 3.10. The zero-order chi connectivity index (χ0) is 18.3. The first-order valence-corrected chi connectivity index (χ1v) is 8.61. The van der Waals surface area contributed by atoms with E-state index in [9.17, 15) is 9.59 Å². The maximum Gasteiger partial charge on any atom is 0.322 e. The SMILES string of the molecule is COc1cc(C)cc(CNc2ccc3c(c2)CC2(C3)NC(=O)NC2=O)c1. The summed E-state index contributed by atoms with van der Waals surface area (Å²) in [5.41, 5.74) is 4.66. The molecule has 2 aromatic rings. The van der Waals surface area contributed by atoms with E-state index in [1.807, 2.05) is 31.2 Å². The molecule has 2 aromatic carbocycles. The highest BCUT2D eigenvalue weighted by Crippen LogP contribution is 2.34. The number of carbonyl (C=O) groups is 2. The van der Waals surface area contributed by atoms with E-state index in [2.05, 4.69) is 28.1 Å². The number of carbonyl (C=O) groups excluding carboxylic acids is 2. The molecule has 1 aliphatic carbocycles. The Labute approximate surface area is 151 Å². The van der Waals surface area contributed by atoms with Crippen LogP contribution >= 0.6 is 0 Å². The first-order chi connectivity index (χ1) is 12.5. The molecule has 0 aromatic heterocycles. The normalized spacial score (nSPS) is 20.7. The van der Waals surface area contributed by atoms with Gasteiger partial charge in [0.25, 0.3) is 5.91 Å². The third-order valence-corrected chi connectivity index (χ3v) is 5.05. The molecule has 26 heavy (non-hydrogen) atoms. The first kappa shape index (κ1) is 16.4. The number of amides is 3. The van der Waals surface area contributed by atoms with Crippen molar-refractivity contribution in [2.75, 3.05) is 12.4 Å². The number of urea groups is 1. The molecule has 1 unspecified atom stereocenters. The monoisotopic (exact) mass is 351 g/mol. The zero-order valence-corrected chi connectivity index (χ0v) is 14.8. The summed E-state index contributed by atoms with van der Waals surface area (Å²) in [4.78, 5) is 23.6. The van der Waals surface area contributed by atoms with Gasteiger partial charge in [-0.05, 0) is 53.4 Å². The van der Waals surface area contributed by atoms with Crippen LogP contribution in [0.2, 0.25) is 0 Å². The number of nitrogens with one attached hydrogen (secondary N) is 3. The van der Waals surface area contributed by atoms with Gasteiger partial charge in [-0.1, -0.05) is 12.1 Å². The number of hydrogen-bond donors (Lipinski definition) is 3. The van der Waals surface area contributed by atoms with Crippen molar-refractivity contribution in [3.8, 4) is 5.75 Å². The van der Waals surface area contributed by atoms with E-state index >= 15 is 0 Å². The lowest BCUT2D eigenvalue weighted by Gasteiger charge is -2.18. The quantitative estimate of drug-likeness (QED) is 0.739. The molecule has 1 atom stereocenters. The van der Waals surface area contributed by atoms with E-state index < -0.39 is 11.6 Å². The van der Waals surface area contributed by atoms with Crippen molar-refractivity contribution in [1.29, 1.82) is 0 Å². The predicted molar refractivity (Wildman–Crippen MR) is 98.3 cm³/mol. The largest absolute Gasteiger partial charge is 0.497 e. The van der Waals surface area contributed by atoms with Crippen LogP contribution in [-0.4, -0.2) is 24.6 Å². The molecule has 1 heterocycles. The minimum atomic E-state index is -0.818. The summed E-state index contributed by atoms with van der Waals surface area (Å²) in [5, 5.41) is 8.56. The molecule has 3 amide bonds. The number of benzene rings is 2. The summed E-state index contributed by atoms with van der Waals surface area (Å²) >= 11 is 0. The summed E-state index contributed by atoms with van der Waals surface area (Å²) in [6, 6.07) is 11.8. The number of anilines is 1. The van der Waals surface area contributed by atoms with Crippen molar-refractivity contribution in [3.63, 3.8) is 0 Å². The molecule has 1 aliphatic heterocycles. The minimum Gasteiger partial charge on any atom is -0.497 e. The molecule has 1 saturated heterocycles. The molecule has 2 aliphatic rings. The second kappa shape index (κ2) is 6.05. The second-order valence-corrected chi connectivity index (χ2v) is 7.04. The fourth-order valence-corrected chi connectivity index (χ4v) is 3.81. The molecule has 0 radical (unpaired) electrons. The standard InChI is InChI=1S/C20H21N3O3/c1-12-5-13(7-17(6-12)26-2)11-21-16-4-3-14-9-20(10-15(14)8-16)18(24)22-19(25)23-20/h3-8,21H,9-11H2,1-2H3,(H2,22,23,24,25). The number of methoxy groups -OCH3 is 1. The topological polar surface area (TPSA) is 79.5 Å². The Kier molecular flexibility index (Phi) is 3.83. The van der Waals surface area contributed by atoms with Crippen molar-refractivity contribution in [2.45, 2.75) is 31.8 Å². The predicted octanol–water partition coefficient (Wildman–Crippen LogP) is 2.29. The van der Waals surface area contributed by atoms with Gasteiger partial charge in [-0.3, -0.25) is 10.1 Å². The number of aryl methyl sites for hydroxylation is 1. The van der Waals surface area contributed by atoms with Crippen LogP contribution < -0.4 is 20.7 Å². The third-order valence-electron chi connectivity index (χ3n) is 5.05. The van der Waals surface area contributed by atoms with Gasteiger partial charge < -0.3 is 15.4 Å². The fourth-order valence-electron chi connectivity index (χ4n) is 3.81. The van der Waals surface area contributed by atoms with Crippen LogP contribution in [0.15, 0.2) is 36.4 Å². The maximum absolute atomic E-state index is 12.1. The Morgan fingerprint density at radius 1 is 1.12 bits per heavy atom. The number of rotatable bonds is 4. The molecule has 0 bridgehead atoms. The van der Waals surface area contributed by atoms with Crippen LogP contribution in [0.4, 0.5) is 10.5 Å². The van der Waals surface area contributed by atoms with E-state index in [1.54, 1.807) is 7.11 Å². The molecule has 6 heteroatoms. The highest BCUT2D eigenvalue weighted by atomic mass is 16.5. The zero-order valence-electron chi connectivity index (χ0n) is 14.8. The summed E-state index contributed by atoms with van der Waals surface area (Å²) < 4.78 is 5.32. The van der Waals surface area contributed by atoms with Crippen molar-refractivity contribution < 1.29 is 14.3 Å². The van der Waals surface area contributed by atoms with Gasteiger partial charge in [0.1, 0.15) is 11.3 Å². The van der Waals surface area contributed by atoms with Crippen LogP contribution in [0.25, 0.3) is 0 Å². The van der Waals surface area contributed by atoms with Crippen LogP contribution in [0.3, 0.4) is 0 Å². The molecule has 1 fully saturated rings. The molecule has 6 nitrogen and oxygen atoms in total. The first-order valence-electron chi connectivity index (χ1n) is 8.61. The Bertz CT molecular complexity index is 909. The van der Waals surface area contributed by atoms with Gasteiger partial charge in [-0.25, -0.2) is 4.79 Å². The highest BCUT2D eigenvalue weighted by molar-refractivity contribution is 6.07. The highest BCUT2D eigenvalue weighted by Gasteiger charge is 2.49. The molecular weight excluding hydrogens is 330 g/mol. The minimum absolute atomic E-state index is 0.236. The molecule has 0 saturated carbocycles. The average molecular weight is 351 g/mol. The molecule has 4 rings (SSSR count). The Morgan fingerprint density at radius 3 is 2.65 bits per heavy atom. The lowest BCUT2D eigenvalue weighted by Crippen LogP contribution is -2.47. The van der Waals surface area contributed by atoms with Crippen molar-refractivity contribution in [2.24, 2.45) is 0 Å². The van der Waals surface area contributed by atoms with Gasteiger partial charge in [0.2, 0.25) is 0 Å². The number of imide groups is 1. The Hall–Kier alpha value is -3.02. The number of ether oxygens (including phenoxy) is 1. The Morgan fingerprint density at radius 2 is 1.92 bits per heavy atom. The van der Waals surface area contributed by atoms with Gasteiger partial charge >= 0.3 is 6.03 Å². The van der Waals surface area contributed by atoms with Crippen molar-refractivity contribution in [1.82, 2.24) is 10.6 Å². The van der Waals surface area contributed by atoms with Gasteiger partial charge in [-0.15, -0.1) is 0 Å². The van der Waals surface area contributed by atoms with Crippen LogP contribution in [0.5, 0.6) is 5.75 Å². The van der Waals surface area contributed by atoms with Crippen molar-refractivity contribution >= 4 is 17.6 Å². The number of hydrogen-bond acceptors (Lipinski definition) is 4. The van der Waals surface area contributed by atoms with E-state index in [1.165, 1.54) is 0 Å². The summed E-state index contributed by atoms with van der Waals surface area (Å²) in [6.07, 6.45) is 1.06. The van der Waals surface area contributed by atoms with Gasteiger partial charge in [0, 0.05) is 25.1 Å². The molecular formula is C20H21N3O3. The lowest BCUT2D eigenvalue weighted by molar-refractivity contribution is -0.123. The second-order valence-electron chi connectivity index (χ2n) is 7.04. The van der Waals surface area contributed by atoms with Crippen molar-refractivity contribution in [3.05, 3.63) is 58.7 Å². The third kappa shape index (κ3) is 2.87. The fraction of sp³-hybridized carbons (Fsp3) is 0.300. The van der Waals surface area contributed by atoms with Gasteiger partial charge in [0.05, 0.1) is 7.11 Å². The molecule has 1 spiro atoms. The van der Waals surface area contributed by atoms with Gasteiger partial charge in [0.15, 0.2) is 0 Å². The summed E-state index contributed by atoms with van der Waals surface area (Å²) in [6.45, 7) is 2.72. The number of fused-ring (bicyclic) bond motifs is 1. The molecule has 3 N–H and O–H groups in total. The Balaban J connectivity index is 1.49. The van der Waals surface area contributed by atoms with Crippen LogP contribution in [0.1, 0.15) is 22.3 Å². The lowest BCUT2D eigenvalue weighted by atomic mass is 9.96.